The van der Waals surface area contributed by atoms with Crippen molar-refractivity contribution in [3.8, 4) is 0 Å². The van der Waals surface area contributed by atoms with Crippen LogP contribution in [0.5, 0.6) is 0 Å². The van der Waals surface area contributed by atoms with Gasteiger partial charge in [0, 0.05) is 13.3 Å². The molecule has 0 unspecified atom stereocenters. The number of hydrogen-bond donors (Lipinski definition) is 0. The molecule has 0 radical (unpaired) electrons. The predicted octanol–water partition coefficient (Wildman–Crippen LogP) is 2.06. The Morgan fingerprint density at radius 3 is 2.40 bits per heavy atom. The Hall–Kier alpha value is -0.310. The Morgan fingerprint density at radius 2 is 2.10 bits per heavy atom. The van der Waals surface area contributed by atoms with Crippen LogP contribution in [0.15, 0.2) is 9.98 Å². The van der Waals surface area contributed by atoms with Gasteiger partial charge < -0.3 is 0 Å². The highest BCUT2D eigenvalue weighted by atomic mass is 32.2. The summed E-state index contributed by atoms with van der Waals surface area (Å²) in [6.45, 7) is 4.19. The van der Waals surface area contributed by atoms with Crippen molar-refractivity contribution in [1.82, 2.24) is 0 Å². The highest BCUT2D eigenvalue weighted by Gasteiger charge is 1.89. The van der Waals surface area contributed by atoms with E-state index in [0.29, 0.717) is 5.92 Å². The first kappa shape index (κ1) is 9.69. The van der Waals surface area contributed by atoms with E-state index >= 15 is 0 Å². The van der Waals surface area contributed by atoms with Gasteiger partial charge in [-0.05, 0) is 12.2 Å². The average Bonchev–Trinajstić information content (AvgIpc) is 1.90. The lowest BCUT2D eigenvalue weighted by atomic mass is 10.3. The molecule has 0 aliphatic rings. The molecule has 58 valence electrons. The highest BCUT2D eigenvalue weighted by molar-refractivity contribution is 8.13. The zero-order valence-electron chi connectivity index (χ0n) is 6.96. The van der Waals surface area contributed by atoms with Gasteiger partial charge >= 0.3 is 0 Å². The number of aliphatic imine (C=N–C) groups is 2. The van der Waals surface area contributed by atoms with Crippen LogP contribution in [0, 0.1) is 5.92 Å². The van der Waals surface area contributed by atoms with Gasteiger partial charge in [-0.2, -0.15) is 0 Å². The summed E-state index contributed by atoms with van der Waals surface area (Å²) in [7, 11) is 1.75. The molecule has 0 atom stereocenters. The summed E-state index contributed by atoms with van der Waals surface area (Å²) in [5.74, 6) is 0.504. The Kier molecular flexibility index (Phi) is 5.30. The van der Waals surface area contributed by atoms with E-state index in [4.69, 9.17) is 0 Å². The van der Waals surface area contributed by atoms with Crippen LogP contribution in [0.3, 0.4) is 0 Å². The first-order chi connectivity index (χ1) is 4.70. The molecule has 0 spiro atoms. The van der Waals surface area contributed by atoms with Gasteiger partial charge in [-0.1, -0.05) is 25.6 Å². The summed E-state index contributed by atoms with van der Waals surface area (Å²) in [6.07, 6.45) is 3.87. The van der Waals surface area contributed by atoms with Crippen molar-refractivity contribution in [2.75, 3.05) is 13.3 Å². The normalized spacial score (nSPS) is 13.5. The molecule has 0 rings (SSSR count). The Morgan fingerprint density at radius 1 is 1.50 bits per heavy atom. The molecule has 2 nitrogen and oxygen atoms in total. The maximum absolute atomic E-state index is 4.15. The SMILES string of the molecule is CN=C(N=CC(C)C)SC. The number of amidine groups is 1. The fourth-order valence-corrected chi connectivity index (χ4v) is 0.763. The van der Waals surface area contributed by atoms with Crippen molar-refractivity contribution < 1.29 is 0 Å². The Balaban J connectivity index is 3.86. The standard InChI is InChI=1S/C7H14N2S/c1-6(2)5-9-7(8-3)10-4/h5-6H,1-4H3. The third kappa shape index (κ3) is 4.56. The number of rotatable bonds is 1. The summed E-state index contributed by atoms with van der Waals surface area (Å²) in [4.78, 5) is 8.11. The summed E-state index contributed by atoms with van der Waals surface area (Å²) >= 11 is 1.56. The van der Waals surface area contributed by atoms with E-state index in [0.717, 1.165) is 5.17 Å². The van der Waals surface area contributed by atoms with E-state index in [-0.39, 0.29) is 0 Å². The first-order valence-electron chi connectivity index (χ1n) is 3.25. The lowest BCUT2D eigenvalue weighted by molar-refractivity contribution is 0.909. The zero-order valence-corrected chi connectivity index (χ0v) is 7.77. The summed E-state index contributed by atoms with van der Waals surface area (Å²) in [5.41, 5.74) is 0. The monoisotopic (exact) mass is 158 g/mol. The molecule has 0 aromatic carbocycles. The molecule has 0 amide bonds. The Bertz CT molecular complexity index is 139. The number of thioether (sulfide) groups is 1. The molecule has 0 saturated carbocycles. The van der Waals surface area contributed by atoms with Crippen LogP contribution in [-0.4, -0.2) is 24.7 Å². The molecule has 0 fully saturated rings. The van der Waals surface area contributed by atoms with Gasteiger partial charge in [0.15, 0.2) is 5.17 Å². The van der Waals surface area contributed by atoms with Gasteiger partial charge in [-0.3, -0.25) is 4.99 Å². The van der Waals surface area contributed by atoms with Crippen LogP contribution in [0.1, 0.15) is 13.8 Å². The molecule has 3 heteroatoms. The van der Waals surface area contributed by atoms with E-state index in [9.17, 15) is 0 Å². The summed E-state index contributed by atoms with van der Waals surface area (Å²) in [6, 6.07) is 0. The van der Waals surface area contributed by atoms with Crippen molar-refractivity contribution in [1.29, 1.82) is 0 Å². The van der Waals surface area contributed by atoms with Crippen LogP contribution < -0.4 is 0 Å². The van der Waals surface area contributed by atoms with E-state index in [1.807, 2.05) is 12.5 Å². The van der Waals surface area contributed by atoms with E-state index in [2.05, 4.69) is 23.8 Å². The quantitative estimate of drug-likeness (QED) is 0.423. The van der Waals surface area contributed by atoms with Gasteiger partial charge in [0.05, 0.1) is 0 Å². The van der Waals surface area contributed by atoms with Gasteiger partial charge in [0.2, 0.25) is 0 Å². The maximum Gasteiger partial charge on any atom is 0.182 e. The van der Waals surface area contributed by atoms with Crippen molar-refractivity contribution in [3.63, 3.8) is 0 Å². The third-order valence-electron chi connectivity index (χ3n) is 0.857. The minimum Gasteiger partial charge on any atom is -0.264 e. The molecule has 0 aliphatic carbocycles. The molecule has 0 bridgehead atoms. The smallest absolute Gasteiger partial charge is 0.182 e. The zero-order chi connectivity index (χ0) is 7.98. The van der Waals surface area contributed by atoms with E-state index < -0.39 is 0 Å². The highest BCUT2D eigenvalue weighted by Crippen LogP contribution is 1.98. The van der Waals surface area contributed by atoms with Crippen molar-refractivity contribution in [2.24, 2.45) is 15.9 Å². The number of hydrogen-bond acceptors (Lipinski definition) is 2. The molecular weight excluding hydrogens is 144 g/mol. The topological polar surface area (TPSA) is 24.7 Å². The number of nitrogens with zero attached hydrogens (tertiary/aromatic N) is 2. The molecule has 10 heavy (non-hydrogen) atoms. The molecule has 0 aromatic rings. The molecular formula is C7H14N2S. The van der Waals surface area contributed by atoms with Crippen LogP contribution >= 0.6 is 11.8 Å². The van der Waals surface area contributed by atoms with Gasteiger partial charge in [-0.25, -0.2) is 4.99 Å². The molecule has 0 aromatic heterocycles. The largest absolute Gasteiger partial charge is 0.264 e. The molecule has 0 aliphatic heterocycles. The van der Waals surface area contributed by atoms with Crippen LogP contribution in [0.4, 0.5) is 0 Å². The molecule has 0 N–H and O–H groups in total. The van der Waals surface area contributed by atoms with E-state index in [1.54, 1.807) is 18.8 Å². The Labute approximate surface area is 66.8 Å². The van der Waals surface area contributed by atoms with Crippen LogP contribution in [0.2, 0.25) is 0 Å². The minimum atomic E-state index is 0.504. The van der Waals surface area contributed by atoms with Gasteiger partial charge in [-0.15, -0.1) is 0 Å². The summed E-state index contributed by atoms with van der Waals surface area (Å²) in [5, 5.41) is 0.841. The average molecular weight is 158 g/mol. The van der Waals surface area contributed by atoms with Crippen molar-refractivity contribution in [2.45, 2.75) is 13.8 Å². The lowest BCUT2D eigenvalue weighted by Crippen LogP contribution is -1.92. The second-order valence-electron chi connectivity index (χ2n) is 2.23. The second-order valence-corrected chi connectivity index (χ2v) is 3.01. The summed E-state index contributed by atoms with van der Waals surface area (Å²) < 4.78 is 0. The lowest BCUT2D eigenvalue weighted by Gasteiger charge is -1.94. The predicted molar refractivity (Wildman–Crippen MR) is 50.2 cm³/mol. The van der Waals surface area contributed by atoms with Gasteiger partial charge in [0.1, 0.15) is 0 Å². The fraction of sp³-hybridized carbons (Fsp3) is 0.714. The van der Waals surface area contributed by atoms with Crippen LogP contribution in [-0.2, 0) is 0 Å². The van der Waals surface area contributed by atoms with Crippen molar-refractivity contribution in [3.05, 3.63) is 0 Å². The van der Waals surface area contributed by atoms with Gasteiger partial charge in [0.25, 0.3) is 0 Å². The second kappa shape index (κ2) is 5.47. The maximum atomic E-state index is 4.15. The molecule has 0 heterocycles. The third-order valence-corrected chi connectivity index (χ3v) is 1.51. The fourth-order valence-electron chi connectivity index (χ4n) is 0.415. The minimum absolute atomic E-state index is 0.504. The molecule has 0 saturated heterocycles. The van der Waals surface area contributed by atoms with Crippen LogP contribution in [0.25, 0.3) is 0 Å². The van der Waals surface area contributed by atoms with E-state index in [1.165, 1.54) is 0 Å². The first-order valence-corrected chi connectivity index (χ1v) is 4.48. The van der Waals surface area contributed by atoms with Crippen molar-refractivity contribution >= 4 is 23.1 Å².